The highest BCUT2D eigenvalue weighted by Crippen LogP contribution is 2.33. The van der Waals surface area contributed by atoms with Crippen LogP contribution >= 0.6 is 0 Å². The second-order valence-corrected chi connectivity index (χ2v) is 9.11. The van der Waals surface area contributed by atoms with Gasteiger partial charge >= 0.3 is 0 Å². The number of hydrogen-bond acceptors (Lipinski definition) is 6. The molecule has 0 saturated carbocycles. The average molecular weight is 468 g/mol. The maximum absolute atomic E-state index is 13.5. The fourth-order valence-corrected chi connectivity index (χ4v) is 4.61. The predicted molar refractivity (Wildman–Crippen MR) is 127 cm³/mol. The lowest BCUT2D eigenvalue weighted by Crippen LogP contribution is -2.40. The Bertz CT molecular complexity index is 1270. The van der Waals surface area contributed by atoms with E-state index in [9.17, 15) is 18.3 Å². The molecule has 0 aliphatic rings. The third-order valence-electron chi connectivity index (χ3n) is 4.86. The highest BCUT2D eigenvalue weighted by Gasteiger charge is 2.29. The molecule has 3 aromatic rings. The molecule has 8 nitrogen and oxygen atoms in total. The smallest absolute Gasteiger partial charge is 0.264 e. The average Bonchev–Trinajstić information content (AvgIpc) is 2.81. The van der Waals surface area contributed by atoms with Crippen molar-refractivity contribution in [3.05, 3.63) is 83.9 Å². The van der Waals surface area contributed by atoms with Crippen molar-refractivity contribution < 1.29 is 23.1 Å². The summed E-state index contributed by atoms with van der Waals surface area (Å²) in [6.07, 6.45) is 0. The van der Waals surface area contributed by atoms with E-state index in [1.165, 1.54) is 25.3 Å². The van der Waals surface area contributed by atoms with Gasteiger partial charge in [-0.25, -0.2) is 13.8 Å². The molecule has 0 spiro atoms. The van der Waals surface area contributed by atoms with Crippen LogP contribution in [-0.2, 0) is 14.8 Å². The summed E-state index contributed by atoms with van der Waals surface area (Å²) >= 11 is 0. The number of ether oxygens (including phenoxy) is 1. The molecule has 0 atom stereocenters. The second-order valence-electron chi connectivity index (χ2n) is 7.25. The minimum Gasteiger partial charge on any atom is -0.507 e. The van der Waals surface area contributed by atoms with Gasteiger partial charge in [0, 0.05) is 5.56 Å². The van der Waals surface area contributed by atoms with E-state index in [1.54, 1.807) is 61.5 Å². The van der Waals surface area contributed by atoms with Crippen molar-refractivity contribution in [2.75, 3.05) is 18.0 Å². The fraction of sp³-hybridized carbons (Fsp3) is 0.167. The number of carbonyl (C=O) groups is 1. The molecule has 0 aliphatic heterocycles. The zero-order valence-electron chi connectivity index (χ0n) is 18.5. The number of hydrazone groups is 1. The van der Waals surface area contributed by atoms with Gasteiger partial charge in [0.2, 0.25) is 0 Å². The standard InChI is InChI=1S/C24H25N3O5S/c1-17-13-14-23(32-3)21(15-17)27(33(30,31)19-9-5-4-6-10-19)16-24(29)26-25-18(2)20-11-7-8-12-22(20)28/h4-15,28H,16H2,1-3H3,(H,26,29)/b25-18-. The Morgan fingerprint density at radius 3 is 2.39 bits per heavy atom. The highest BCUT2D eigenvalue weighted by molar-refractivity contribution is 7.92. The van der Waals surface area contributed by atoms with E-state index in [0.717, 1.165) is 9.87 Å². The van der Waals surface area contributed by atoms with Gasteiger partial charge in [0.1, 0.15) is 18.0 Å². The molecule has 3 rings (SSSR count). The molecule has 172 valence electrons. The Morgan fingerprint density at radius 1 is 1.06 bits per heavy atom. The number of rotatable bonds is 8. The number of nitrogens with one attached hydrogen (secondary N) is 1. The Hall–Kier alpha value is -3.85. The van der Waals surface area contributed by atoms with Crippen molar-refractivity contribution in [3.63, 3.8) is 0 Å². The molecule has 0 fully saturated rings. The van der Waals surface area contributed by atoms with Gasteiger partial charge in [0.05, 0.1) is 23.4 Å². The van der Waals surface area contributed by atoms with E-state index in [4.69, 9.17) is 4.74 Å². The van der Waals surface area contributed by atoms with Gasteiger partial charge < -0.3 is 9.84 Å². The largest absolute Gasteiger partial charge is 0.507 e. The first-order valence-electron chi connectivity index (χ1n) is 10.1. The van der Waals surface area contributed by atoms with Crippen LogP contribution in [0.5, 0.6) is 11.5 Å². The van der Waals surface area contributed by atoms with Gasteiger partial charge in [0.25, 0.3) is 15.9 Å². The lowest BCUT2D eigenvalue weighted by Gasteiger charge is -2.25. The molecule has 0 aliphatic carbocycles. The lowest BCUT2D eigenvalue weighted by molar-refractivity contribution is -0.119. The SMILES string of the molecule is COc1ccc(C)cc1N(CC(=O)N/N=C(/C)c1ccccc1O)S(=O)(=O)c1ccccc1. The number of sulfonamides is 1. The van der Waals surface area contributed by atoms with Crippen molar-refractivity contribution >= 4 is 27.3 Å². The summed E-state index contributed by atoms with van der Waals surface area (Å²) in [7, 11) is -2.66. The zero-order chi connectivity index (χ0) is 24.0. The number of anilines is 1. The molecule has 3 aromatic carbocycles. The summed E-state index contributed by atoms with van der Waals surface area (Å²) in [4.78, 5) is 12.8. The fourth-order valence-electron chi connectivity index (χ4n) is 3.17. The summed E-state index contributed by atoms with van der Waals surface area (Å²) in [6, 6.07) is 19.5. The van der Waals surface area contributed by atoms with Gasteiger partial charge in [-0.2, -0.15) is 5.10 Å². The van der Waals surface area contributed by atoms with Gasteiger partial charge in [0.15, 0.2) is 0 Å². The highest BCUT2D eigenvalue weighted by atomic mass is 32.2. The molecule has 0 unspecified atom stereocenters. The number of hydrogen-bond donors (Lipinski definition) is 2. The minimum absolute atomic E-state index is 0.0192. The number of methoxy groups -OCH3 is 1. The van der Waals surface area contributed by atoms with Crippen LogP contribution in [0.3, 0.4) is 0 Å². The van der Waals surface area contributed by atoms with Crippen molar-refractivity contribution in [2.45, 2.75) is 18.7 Å². The number of benzene rings is 3. The monoisotopic (exact) mass is 467 g/mol. The summed E-state index contributed by atoms with van der Waals surface area (Å²) in [5.74, 6) is -0.333. The van der Waals surface area contributed by atoms with E-state index < -0.39 is 22.5 Å². The topological polar surface area (TPSA) is 108 Å². The van der Waals surface area contributed by atoms with Crippen LogP contribution in [0, 0.1) is 6.92 Å². The molecule has 1 amide bonds. The van der Waals surface area contributed by atoms with Crippen molar-refractivity contribution in [1.82, 2.24) is 5.43 Å². The Morgan fingerprint density at radius 2 is 1.73 bits per heavy atom. The maximum atomic E-state index is 13.5. The molecule has 0 radical (unpaired) electrons. The molecule has 2 N–H and O–H groups in total. The van der Waals surface area contributed by atoms with Crippen LogP contribution in [0.2, 0.25) is 0 Å². The van der Waals surface area contributed by atoms with Gasteiger partial charge in [-0.15, -0.1) is 0 Å². The minimum atomic E-state index is -4.09. The summed E-state index contributed by atoms with van der Waals surface area (Å²) in [5.41, 5.74) is 4.23. The first-order valence-corrected chi connectivity index (χ1v) is 11.5. The Balaban J connectivity index is 1.95. The Labute approximate surface area is 193 Å². The first kappa shape index (κ1) is 23.8. The van der Waals surface area contributed by atoms with Crippen LogP contribution in [-0.4, -0.2) is 38.8 Å². The van der Waals surface area contributed by atoms with Crippen molar-refractivity contribution in [1.29, 1.82) is 0 Å². The van der Waals surface area contributed by atoms with Crippen LogP contribution in [0.4, 0.5) is 5.69 Å². The van der Waals surface area contributed by atoms with Crippen LogP contribution in [0.15, 0.2) is 82.8 Å². The predicted octanol–water partition coefficient (Wildman–Crippen LogP) is 3.44. The molecular formula is C24H25N3O5S. The third-order valence-corrected chi connectivity index (χ3v) is 6.64. The number of carbonyl (C=O) groups excluding carboxylic acids is 1. The van der Waals surface area contributed by atoms with E-state index >= 15 is 0 Å². The molecular weight excluding hydrogens is 442 g/mol. The van der Waals surface area contributed by atoms with Gasteiger partial charge in [-0.3, -0.25) is 9.10 Å². The maximum Gasteiger partial charge on any atom is 0.264 e. The molecule has 0 heterocycles. The van der Waals surface area contributed by atoms with E-state index in [0.29, 0.717) is 17.0 Å². The molecule has 9 heteroatoms. The summed E-state index contributed by atoms with van der Waals surface area (Å²) in [5, 5.41) is 14.0. The first-order chi connectivity index (χ1) is 15.7. The van der Waals surface area contributed by atoms with Crippen molar-refractivity contribution in [3.8, 4) is 11.5 Å². The molecule has 0 saturated heterocycles. The number of nitrogens with zero attached hydrogens (tertiary/aromatic N) is 2. The van der Waals surface area contributed by atoms with E-state index in [1.807, 2.05) is 6.92 Å². The Kier molecular flexibility index (Phi) is 7.34. The normalized spacial score (nSPS) is 11.7. The number of amides is 1. The van der Waals surface area contributed by atoms with E-state index in [-0.39, 0.29) is 16.3 Å². The summed E-state index contributed by atoms with van der Waals surface area (Å²) in [6.45, 7) is 2.91. The second kappa shape index (κ2) is 10.2. The van der Waals surface area contributed by atoms with Gasteiger partial charge in [-0.05, 0) is 55.8 Å². The zero-order valence-corrected chi connectivity index (χ0v) is 19.3. The van der Waals surface area contributed by atoms with Crippen LogP contribution < -0.4 is 14.5 Å². The van der Waals surface area contributed by atoms with E-state index in [2.05, 4.69) is 10.5 Å². The van der Waals surface area contributed by atoms with Crippen molar-refractivity contribution in [2.24, 2.45) is 5.10 Å². The number of phenolic OH excluding ortho intramolecular Hbond substituents is 1. The number of phenols is 1. The molecule has 0 aromatic heterocycles. The summed E-state index contributed by atoms with van der Waals surface area (Å²) < 4.78 is 33.3. The quantitative estimate of drug-likeness (QED) is 0.390. The number of aromatic hydroxyl groups is 1. The number of aryl methyl sites for hydroxylation is 1. The van der Waals surface area contributed by atoms with Crippen LogP contribution in [0.25, 0.3) is 0 Å². The van der Waals surface area contributed by atoms with Crippen LogP contribution in [0.1, 0.15) is 18.1 Å². The van der Waals surface area contributed by atoms with Gasteiger partial charge in [-0.1, -0.05) is 36.4 Å². The third kappa shape index (κ3) is 5.50. The molecule has 33 heavy (non-hydrogen) atoms. The number of para-hydroxylation sites is 1. The molecule has 0 bridgehead atoms. The lowest BCUT2D eigenvalue weighted by atomic mass is 10.1.